The molecule has 0 heterocycles. The molecular weight excluding hydrogens is 246 g/mol. The Bertz CT molecular complexity index is 325. The molecule has 1 aliphatic rings. The number of hydrogen-bond acceptors (Lipinski definition) is 3. The van der Waals surface area contributed by atoms with Crippen molar-refractivity contribution in [2.24, 2.45) is 11.8 Å². The van der Waals surface area contributed by atoms with Gasteiger partial charge in [-0.3, -0.25) is 0 Å². The van der Waals surface area contributed by atoms with Gasteiger partial charge in [0.2, 0.25) is 0 Å². The Labute approximate surface area is 113 Å². The van der Waals surface area contributed by atoms with E-state index in [1.165, 1.54) is 32.1 Å². The Hall–Kier alpha value is -0.0900. The summed E-state index contributed by atoms with van der Waals surface area (Å²) in [6, 6.07) is 0. The Morgan fingerprint density at radius 2 is 1.72 bits per heavy atom. The lowest BCUT2D eigenvalue weighted by molar-refractivity contribution is 0.298. The van der Waals surface area contributed by atoms with Gasteiger partial charge in [-0.2, -0.15) is 0 Å². The molecule has 1 saturated carbocycles. The van der Waals surface area contributed by atoms with Crippen molar-refractivity contribution in [3.8, 4) is 0 Å². The second kappa shape index (κ2) is 7.49. The smallest absolute Gasteiger partial charge is 0.152 e. The fraction of sp³-hybridized carbons (Fsp3) is 1.00. The summed E-state index contributed by atoms with van der Waals surface area (Å²) >= 11 is 0. The highest BCUT2D eigenvalue weighted by molar-refractivity contribution is 7.91. The minimum Gasteiger partial charge on any atom is -0.319 e. The zero-order valence-corrected chi connectivity index (χ0v) is 12.9. The van der Waals surface area contributed by atoms with E-state index in [1.54, 1.807) is 13.8 Å². The summed E-state index contributed by atoms with van der Waals surface area (Å²) in [6.45, 7) is 4.60. The van der Waals surface area contributed by atoms with Crippen LogP contribution in [-0.2, 0) is 9.84 Å². The Morgan fingerprint density at radius 1 is 1.11 bits per heavy atom. The summed E-state index contributed by atoms with van der Waals surface area (Å²) in [6.07, 6.45) is 7.21. The van der Waals surface area contributed by atoms with E-state index in [-0.39, 0.29) is 5.25 Å². The molecule has 1 fully saturated rings. The summed E-state index contributed by atoms with van der Waals surface area (Å²) in [7, 11) is -0.875. The highest BCUT2D eigenvalue weighted by Gasteiger charge is 2.25. The SMILES string of the molecule is CNCC1CCCCCC1CCS(=O)(=O)C(C)C. The molecule has 3 nitrogen and oxygen atoms in total. The van der Waals surface area contributed by atoms with Gasteiger partial charge in [0.25, 0.3) is 0 Å². The average Bonchev–Trinajstić information content (AvgIpc) is 2.52. The molecule has 18 heavy (non-hydrogen) atoms. The lowest BCUT2D eigenvalue weighted by Crippen LogP contribution is -2.28. The molecule has 0 aliphatic heterocycles. The van der Waals surface area contributed by atoms with Crippen LogP contribution in [0.15, 0.2) is 0 Å². The molecule has 0 aromatic rings. The molecule has 2 atom stereocenters. The van der Waals surface area contributed by atoms with E-state index in [2.05, 4.69) is 5.32 Å². The maximum atomic E-state index is 11.9. The molecule has 0 radical (unpaired) electrons. The first kappa shape index (κ1) is 16.0. The first-order chi connectivity index (χ1) is 8.47. The maximum absolute atomic E-state index is 11.9. The number of rotatable bonds is 6. The van der Waals surface area contributed by atoms with Crippen molar-refractivity contribution in [3.05, 3.63) is 0 Å². The molecule has 0 saturated heterocycles. The predicted octanol–water partition coefficient (Wildman–Crippen LogP) is 2.62. The van der Waals surface area contributed by atoms with Crippen LogP contribution in [0.4, 0.5) is 0 Å². The van der Waals surface area contributed by atoms with Crippen molar-refractivity contribution in [1.29, 1.82) is 0 Å². The lowest BCUT2D eigenvalue weighted by Gasteiger charge is -2.25. The molecule has 0 spiro atoms. The summed E-state index contributed by atoms with van der Waals surface area (Å²) in [5, 5.41) is 3.04. The van der Waals surface area contributed by atoms with Crippen LogP contribution in [0.5, 0.6) is 0 Å². The molecule has 0 aromatic carbocycles. The van der Waals surface area contributed by atoms with E-state index in [1.807, 2.05) is 7.05 Å². The third kappa shape index (κ3) is 4.88. The summed E-state index contributed by atoms with van der Waals surface area (Å²) in [5.41, 5.74) is 0. The van der Waals surface area contributed by atoms with E-state index >= 15 is 0 Å². The molecule has 0 aromatic heterocycles. The largest absolute Gasteiger partial charge is 0.319 e. The topological polar surface area (TPSA) is 46.2 Å². The van der Waals surface area contributed by atoms with E-state index in [0.29, 0.717) is 17.6 Å². The predicted molar refractivity (Wildman–Crippen MR) is 77.5 cm³/mol. The summed E-state index contributed by atoms with van der Waals surface area (Å²) in [4.78, 5) is 0. The standard InChI is InChI=1S/C14H29NO2S/c1-12(2)18(16,17)10-9-13-7-5-4-6-8-14(13)11-15-3/h12-15H,4-11H2,1-3H3. The van der Waals surface area contributed by atoms with E-state index in [0.717, 1.165) is 13.0 Å². The molecule has 2 unspecified atom stereocenters. The Balaban J connectivity index is 2.55. The van der Waals surface area contributed by atoms with Gasteiger partial charge in [0.05, 0.1) is 11.0 Å². The van der Waals surface area contributed by atoms with E-state index in [4.69, 9.17) is 0 Å². The monoisotopic (exact) mass is 275 g/mol. The first-order valence-electron chi connectivity index (χ1n) is 7.33. The van der Waals surface area contributed by atoms with Crippen LogP contribution < -0.4 is 5.32 Å². The van der Waals surface area contributed by atoms with Crippen molar-refractivity contribution in [2.75, 3.05) is 19.3 Å². The van der Waals surface area contributed by atoms with Crippen molar-refractivity contribution in [3.63, 3.8) is 0 Å². The van der Waals surface area contributed by atoms with Gasteiger partial charge in [0.15, 0.2) is 9.84 Å². The molecule has 1 rings (SSSR count). The molecule has 1 aliphatic carbocycles. The van der Waals surface area contributed by atoms with Crippen molar-refractivity contribution < 1.29 is 8.42 Å². The highest BCUT2D eigenvalue weighted by Crippen LogP contribution is 2.31. The third-order valence-electron chi connectivity index (χ3n) is 4.27. The fourth-order valence-electron chi connectivity index (χ4n) is 2.92. The van der Waals surface area contributed by atoms with Gasteiger partial charge in [-0.15, -0.1) is 0 Å². The van der Waals surface area contributed by atoms with Crippen molar-refractivity contribution in [2.45, 2.75) is 57.6 Å². The average molecular weight is 275 g/mol. The van der Waals surface area contributed by atoms with E-state index in [9.17, 15) is 8.42 Å². The van der Waals surface area contributed by atoms with Crippen LogP contribution in [0.25, 0.3) is 0 Å². The van der Waals surface area contributed by atoms with Gasteiger partial charge >= 0.3 is 0 Å². The molecule has 4 heteroatoms. The van der Waals surface area contributed by atoms with Crippen LogP contribution in [-0.4, -0.2) is 33.0 Å². The quantitative estimate of drug-likeness (QED) is 0.758. The number of hydrogen-bond donors (Lipinski definition) is 1. The minimum absolute atomic E-state index is 0.231. The zero-order chi connectivity index (χ0) is 13.6. The van der Waals surface area contributed by atoms with E-state index < -0.39 is 9.84 Å². The van der Waals surface area contributed by atoms with Crippen molar-refractivity contribution in [1.82, 2.24) is 5.32 Å². The first-order valence-corrected chi connectivity index (χ1v) is 9.05. The summed E-state index contributed by atoms with van der Waals surface area (Å²) < 4.78 is 23.8. The highest BCUT2D eigenvalue weighted by atomic mass is 32.2. The van der Waals surface area contributed by atoms with Gasteiger partial charge in [-0.05, 0) is 52.1 Å². The second-order valence-electron chi connectivity index (χ2n) is 5.92. The molecule has 0 bridgehead atoms. The lowest BCUT2D eigenvalue weighted by atomic mass is 9.86. The van der Waals surface area contributed by atoms with Crippen molar-refractivity contribution >= 4 is 9.84 Å². The normalized spacial score (nSPS) is 26.2. The third-order valence-corrected chi connectivity index (χ3v) is 6.52. The van der Waals surface area contributed by atoms with Crippen LogP contribution in [0, 0.1) is 11.8 Å². The van der Waals surface area contributed by atoms with Gasteiger partial charge in [-0.25, -0.2) is 8.42 Å². The molecule has 1 N–H and O–H groups in total. The minimum atomic E-state index is -2.87. The van der Waals surface area contributed by atoms with Gasteiger partial charge in [-0.1, -0.05) is 25.7 Å². The molecular formula is C14H29NO2S. The fourth-order valence-corrected chi connectivity index (χ4v) is 4.03. The van der Waals surface area contributed by atoms with Gasteiger partial charge in [0.1, 0.15) is 0 Å². The molecule has 0 amide bonds. The Morgan fingerprint density at radius 3 is 2.28 bits per heavy atom. The molecule has 108 valence electrons. The van der Waals surface area contributed by atoms with Crippen LogP contribution in [0.1, 0.15) is 52.4 Å². The van der Waals surface area contributed by atoms with Crippen LogP contribution >= 0.6 is 0 Å². The Kier molecular flexibility index (Phi) is 6.64. The van der Waals surface area contributed by atoms with Gasteiger partial charge in [0, 0.05) is 0 Å². The summed E-state index contributed by atoms with van der Waals surface area (Å²) in [5.74, 6) is 1.63. The van der Waals surface area contributed by atoms with Gasteiger partial charge < -0.3 is 5.32 Å². The van der Waals surface area contributed by atoms with Crippen LogP contribution in [0.3, 0.4) is 0 Å². The maximum Gasteiger partial charge on any atom is 0.152 e. The number of sulfone groups is 1. The zero-order valence-electron chi connectivity index (χ0n) is 12.1. The second-order valence-corrected chi connectivity index (χ2v) is 8.60. The van der Waals surface area contributed by atoms with Crippen LogP contribution in [0.2, 0.25) is 0 Å². The number of nitrogens with one attached hydrogen (secondary N) is 1.